The van der Waals surface area contributed by atoms with Crippen LogP contribution in [0.4, 0.5) is 4.79 Å². The zero-order valence-electron chi connectivity index (χ0n) is 18.8. The lowest BCUT2D eigenvalue weighted by Crippen LogP contribution is -2.54. The zero-order valence-corrected chi connectivity index (χ0v) is 19.7. The number of carbonyl (C=O) groups excluding carboxylic acids is 3. The van der Waals surface area contributed by atoms with E-state index in [0.29, 0.717) is 38.1 Å². The van der Waals surface area contributed by atoms with E-state index < -0.39 is 47.7 Å². The number of thioether (sulfide) groups is 1. The molecule has 1 aliphatic heterocycles. The Morgan fingerprint density at radius 2 is 1.74 bits per heavy atom. The molecule has 4 N–H and O–H groups in total. The fourth-order valence-corrected chi connectivity index (χ4v) is 3.66. The standard InChI is InChI=1S/C20H35N3O7S/c1-12(24)15(18(27)28)22-16(25)13-6-9-23(10-7-13)17(26)14(8-11-31-5)21-19(29)30-20(2,3)4/h12-15,24H,6-11H2,1-5H3,(H,21,29)(H,22,25)(H,27,28)/t12?,14-,15-/m0/s1. The number of amides is 3. The van der Waals surface area contributed by atoms with Gasteiger partial charge in [-0.25, -0.2) is 9.59 Å². The fourth-order valence-electron chi connectivity index (χ4n) is 3.19. The highest BCUT2D eigenvalue weighted by Gasteiger charge is 2.34. The van der Waals surface area contributed by atoms with Gasteiger partial charge in [0.2, 0.25) is 11.8 Å². The van der Waals surface area contributed by atoms with Gasteiger partial charge in [0.05, 0.1) is 6.10 Å². The molecule has 1 fully saturated rings. The lowest BCUT2D eigenvalue weighted by atomic mass is 9.94. The number of hydrogen-bond donors (Lipinski definition) is 4. The third-order valence-corrected chi connectivity index (χ3v) is 5.47. The molecule has 3 amide bonds. The Hall–Kier alpha value is -2.01. The van der Waals surface area contributed by atoms with Crippen molar-refractivity contribution < 1.29 is 34.1 Å². The lowest BCUT2D eigenvalue weighted by Gasteiger charge is -2.34. The molecule has 0 saturated carbocycles. The first-order chi connectivity index (χ1) is 14.4. The van der Waals surface area contributed by atoms with Gasteiger partial charge in [-0.05, 0) is 59.0 Å². The maximum absolute atomic E-state index is 13.0. The molecule has 31 heavy (non-hydrogen) atoms. The first kappa shape index (κ1) is 27.0. The van der Waals surface area contributed by atoms with E-state index in [1.54, 1.807) is 37.4 Å². The first-order valence-electron chi connectivity index (χ1n) is 10.3. The summed E-state index contributed by atoms with van der Waals surface area (Å²) in [6.07, 6.45) is 1.22. The van der Waals surface area contributed by atoms with Crippen molar-refractivity contribution >= 4 is 35.6 Å². The topological polar surface area (TPSA) is 145 Å². The van der Waals surface area contributed by atoms with E-state index in [-0.39, 0.29) is 5.91 Å². The van der Waals surface area contributed by atoms with Crippen LogP contribution in [0.2, 0.25) is 0 Å². The van der Waals surface area contributed by atoms with Gasteiger partial charge in [0, 0.05) is 19.0 Å². The Bertz CT molecular complexity index is 643. The molecule has 3 atom stereocenters. The summed E-state index contributed by atoms with van der Waals surface area (Å²) in [7, 11) is 0. The largest absolute Gasteiger partial charge is 0.480 e. The van der Waals surface area contributed by atoms with Crippen molar-refractivity contribution in [3.63, 3.8) is 0 Å². The number of aliphatic carboxylic acids is 1. The molecular weight excluding hydrogens is 426 g/mol. The summed E-state index contributed by atoms with van der Waals surface area (Å²) < 4.78 is 5.26. The Labute approximate surface area is 187 Å². The summed E-state index contributed by atoms with van der Waals surface area (Å²) in [5.74, 6) is -1.76. The van der Waals surface area contributed by atoms with Gasteiger partial charge in [-0.1, -0.05) is 0 Å². The molecule has 1 rings (SSSR count). The molecule has 1 saturated heterocycles. The fraction of sp³-hybridized carbons (Fsp3) is 0.800. The monoisotopic (exact) mass is 461 g/mol. The van der Waals surface area contributed by atoms with Crippen LogP contribution in [0.3, 0.4) is 0 Å². The highest BCUT2D eigenvalue weighted by molar-refractivity contribution is 7.98. The van der Waals surface area contributed by atoms with Crippen LogP contribution in [0.15, 0.2) is 0 Å². The molecule has 0 aromatic rings. The average Bonchev–Trinajstić information content (AvgIpc) is 2.66. The number of carbonyl (C=O) groups is 4. The molecule has 0 aromatic heterocycles. The number of ether oxygens (including phenoxy) is 1. The van der Waals surface area contributed by atoms with Crippen molar-refractivity contribution in [3.05, 3.63) is 0 Å². The molecular formula is C20H35N3O7S. The van der Waals surface area contributed by atoms with Crippen LogP contribution in [0.5, 0.6) is 0 Å². The quantitative estimate of drug-likeness (QED) is 0.395. The van der Waals surface area contributed by atoms with E-state index in [1.165, 1.54) is 6.92 Å². The lowest BCUT2D eigenvalue weighted by molar-refractivity contribution is -0.146. The van der Waals surface area contributed by atoms with Crippen molar-refractivity contribution in [1.82, 2.24) is 15.5 Å². The Kier molecular flexibility index (Phi) is 10.6. The number of hydrogen-bond acceptors (Lipinski definition) is 7. The zero-order chi connectivity index (χ0) is 23.8. The molecule has 1 aliphatic rings. The Morgan fingerprint density at radius 3 is 2.19 bits per heavy atom. The molecule has 1 unspecified atom stereocenters. The maximum Gasteiger partial charge on any atom is 0.408 e. The van der Waals surface area contributed by atoms with Crippen molar-refractivity contribution in [2.24, 2.45) is 5.92 Å². The number of likely N-dealkylation sites (tertiary alicyclic amines) is 1. The van der Waals surface area contributed by atoms with Gasteiger partial charge in [0.1, 0.15) is 11.6 Å². The average molecular weight is 462 g/mol. The number of nitrogens with one attached hydrogen (secondary N) is 2. The SMILES string of the molecule is CSCC[C@H](NC(=O)OC(C)(C)C)C(=O)N1CCC(C(=O)N[C@H](C(=O)O)C(C)O)CC1. The van der Waals surface area contributed by atoms with E-state index in [4.69, 9.17) is 9.84 Å². The molecule has 178 valence electrons. The van der Waals surface area contributed by atoms with E-state index in [9.17, 15) is 24.3 Å². The predicted molar refractivity (Wildman–Crippen MR) is 117 cm³/mol. The van der Waals surface area contributed by atoms with Gasteiger partial charge in [-0.3, -0.25) is 9.59 Å². The summed E-state index contributed by atoms with van der Waals surface area (Å²) in [4.78, 5) is 50.3. The number of nitrogens with zero attached hydrogens (tertiary/aromatic N) is 1. The minimum atomic E-state index is -1.37. The van der Waals surface area contributed by atoms with Crippen molar-refractivity contribution in [3.8, 4) is 0 Å². The highest BCUT2D eigenvalue weighted by atomic mass is 32.2. The summed E-state index contributed by atoms with van der Waals surface area (Å²) in [5, 5.41) is 23.6. The molecule has 0 radical (unpaired) electrons. The van der Waals surface area contributed by atoms with Crippen LogP contribution >= 0.6 is 11.8 Å². The van der Waals surface area contributed by atoms with Gasteiger partial charge < -0.3 is 30.5 Å². The van der Waals surface area contributed by atoms with Crippen molar-refractivity contribution in [2.45, 2.75) is 70.7 Å². The molecule has 0 spiro atoms. The Balaban J connectivity index is 2.68. The van der Waals surface area contributed by atoms with E-state index in [2.05, 4.69) is 10.6 Å². The number of aliphatic hydroxyl groups excluding tert-OH is 1. The van der Waals surface area contributed by atoms with Crippen LogP contribution in [-0.2, 0) is 19.1 Å². The summed E-state index contributed by atoms with van der Waals surface area (Å²) in [6, 6.07) is -2.10. The second-order valence-electron chi connectivity index (χ2n) is 8.64. The van der Waals surface area contributed by atoms with Gasteiger partial charge in [0.25, 0.3) is 0 Å². The second kappa shape index (κ2) is 12.1. The number of carboxylic acids is 1. The molecule has 0 aromatic carbocycles. The third-order valence-electron chi connectivity index (χ3n) is 4.82. The summed E-state index contributed by atoms with van der Waals surface area (Å²) >= 11 is 1.56. The summed E-state index contributed by atoms with van der Waals surface area (Å²) in [6.45, 7) is 7.16. The molecule has 10 nitrogen and oxygen atoms in total. The predicted octanol–water partition coefficient (Wildman–Crippen LogP) is 0.822. The maximum atomic E-state index is 13.0. The minimum absolute atomic E-state index is 0.230. The van der Waals surface area contributed by atoms with E-state index in [0.717, 1.165) is 0 Å². The summed E-state index contributed by atoms with van der Waals surface area (Å²) in [5.41, 5.74) is -0.678. The molecule has 0 bridgehead atoms. The number of aliphatic hydroxyl groups is 1. The van der Waals surface area contributed by atoms with Crippen LogP contribution in [0.1, 0.15) is 47.0 Å². The molecule has 1 heterocycles. The van der Waals surface area contributed by atoms with Gasteiger partial charge in [-0.2, -0.15) is 11.8 Å². The molecule has 0 aliphatic carbocycles. The third kappa shape index (κ3) is 9.34. The van der Waals surface area contributed by atoms with E-state index >= 15 is 0 Å². The van der Waals surface area contributed by atoms with Gasteiger partial charge >= 0.3 is 12.1 Å². The Morgan fingerprint density at radius 1 is 1.16 bits per heavy atom. The normalized spacial score (nSPS) is 17.9. The van der Waals surface area contributed by atoms with Crippen LogP contribution in [0.25, 0.3) is 0 Å². The van der Waals surface area contributed by atoms with Crippen LogP contribution < -0.4 is 10.6 Å². The minimum Gasteiger partial charge on any atom is -0.480 e. The number of carboxylic acid groups (broad SMARTS) is 1. The van der Waals surface area contributed by atoms with Crippen LogP contribution in [0, 0.1) is 5.92 Å². The first-order valence-corrected chi connectivity index (χ1v) is 11.7. The number of rotatable bonds is 9. The second-order valence-corrected chi connectivity index (χ2v) is 9.63. The van der Waals surface area contributed by atoms with Crippen LogP contribution in [-0.4, -0.2) is 87.9 Å². The number of alkyl carbamates (subject to hydrolysis) is 1. The van der Waals surface area contributed by atoms with Crippen molar-refractivity contribution in [1.29, 1.82) is 0 Å². The highest BCUT2D eigenvalue weighted by Crippen LogP contribution is 2.19. The molecule has 11 heteroatoms. The van der Waals surface area contributed by atoms with Crippen molar-refractivity contribution in [2.75, 3.05) is 25.1 Å². The van der Waals surface area contributed by atoms with Gasteiger partial charge in [0.15, 0.2) is 6.04 Å². The van der Waals surface area contributed by atoms with Gasteiger partial charge in [-0.15, -0.1) is 0 Å². The smallest absolute Gasteiger partial charge is 0.408 e. The number of piperidine rings is 1. The van der Waals surface area contributed by atoms with E-state index in [1.807, 2.05) is 6.26 Å².